The predicted molar refractivity (Wildman–Crippen MR) is 108 cm³/mol. The summed E-state index contributed by atoms with van der Waals surface area (Å²) in [4.78, 5) is 12.1. The lowest BCUT2D eigenvalue weighted by molar-refractivity contribution is 0.404. The van der Waals surface area contributed by atoms with Crippen molar-refractivity contribution in [2.75, 3.05) is 12.4 Å². The van der Waals surface area contributed by atoms with Gasteiger partial charge in [0.1, 0.15) is 17.4 Å². The number of amidine groups is 1. The lowest BCUT2D eigenvalue weighted by Gasteiger charge is -2.05. The fourth-order valence-corrected chi connectivity index (χ4v) is 2.36. The third-order valence-electron chi connectivity index (χ3n) is 3.59. The van der Waals surface area contributed by atoms with Crippen LogP contribution in [0.2, 0.25) is 0 Å². The fourth-order valence-electron chi connectivity index (χ4n) is 2.36. The van der Waals surface area contributed by atoms with Gasteiger partial charge in [-0.3, -0.25) is 0 Å². The maximum atomic E-state index is 13.2. The monoisotopic (exact) mass is 395 g/mol. The Morgan fingerprint density at radius 1 is 1.17 bits per heavy atom. The minimum Gasteiger partial charge on any atom is -0.496 e. The first-order chi connectivity index (χ1) is 14.0. The molecule has 0 amide bonds. The number of para-hydroxylation sites is 1. The molecule has 0 aliphatic heterocycles. The number of rotatable bonds is 6. The summed E-state index contributed by atoms with van der Waals surface area (Å²) in [6, 6.07) is 13.0. The van der Waals surface area contributed by atoms with E-state index in [4.69, 9.17) is 20.7 Å². The summed E-state index contributed by atoms with van der Waals surface area (Å²) in [7, 11) is 1.54. The van der Waals surface area contributed by atoms with Crippen LogP contribution in [0.1, 0.15) is 5.82 Å². The quantitative estimate of drug-likeness (QED) is 0.431. The number of hydrogen-bond donors (Lipinski definition) is 3. The molecule has 0 unspecified atom stereocenters. The average Bonchev–Trinajstić information content (AvgIpc) is 3.18. The van der Waals surface area contributed by atoms with Crippen molar-refractivity contribution < 1.29 is 13.7 Å². The summed E-state index contributed by atoms with van der Waals surface area (Å²) in [5.41, 5.74) is 12.7. The second-order valence-electron chi connectivity index (χ2n) is 5.67. The summed E-state index contributed by atoms with van der Waals surface area (Å²) in [6.07, 6.45) is 0. The van der Waals surface area contributed by atoms with Crippen molar-refractivity contribution in [2.45, 2.75) is 0 Å². The molecule has 0 saturated heterocycles. The molecule has 10 heteroatoms. The third-order valence-corrected chi connectivity index (χ3v) is 3.59. The van der Waals surface area contributed by atoms with E-state index < -0.39 is 5.82 Å². The molecule has 0 fully saturated rings. The van der Waals surface area contributed by atoms with Gasteiger partial charge in [0.05, 0.1) is 12.7 Å². The number of guanidine groups is 1. The Morgan fingerprint density at radius 2 is 1.97 bits per heavy atom. The normalized spacial score (nSPS) is 11.9. The van der Waals surface area contributed by atoms with E-state index in [0.717, 1.165) is 0 Å². The number of methoxy groups -OCH3 is 1. The van der Waals surface area contributed by atoms with E-state index in [1.807, 2.05) is 6.07 Å². The highest BCUT2D eigenvalue weighted by Crippen LogP contribution is 2.27. The number of nitrogens with one attached hydrogen (secondary N) is 1. The van der Waals surface area contributed by atoms with Gasteiger partial charge in [-0.25, -0.2) is 4.39 Å². The Kier molecular flexibility index (Phi) is 5.83. The predicted octanol–water partition coefficient (Wildman–Crippen LogP) is 2.49. The maximum Gasteiger partial charge on any atom is 0.262 e. The van der Waals surface area contributed by atoms with Crippen LogP contribution in [0.3, 0.4) is 0 Å². The van der Waals surface area contributed by atoms with Gasteiger partial charge in [0, 0.05) is 5.69 Å². The van der Waals surface area contributed by atoms with E-state index >= 15 is 0 Å². The zero-order valence-corrected chi connectivity index (χ0v) is 15.5. The molecule has 29 heavy (non-hydrogen) atoms. The van der Waals surface area contributed by atoms with Crippen LogP contribution in [0, 0.1) is 5.82 Å². The number of aromatic nitrogens is 2. The minimum absolute atomic E-state index is 0.0350. The highest BCUT2D eigenvalue weighted by atomic mass is 19.1. The average molecular weight is 395 g/mol. The first kappa shape index (κ1) is 19.5. The molecule has 148 valence electrons. The van der Waals surface area contributed by atoms with Gasteiger partial charge in [-0.1, -0.05) is 29.9 Å². The first-order valence-electron chi connectivity index (χ1n) is 8.33. The minimum atomic E-state index is -0.398. The molecule has 5 N–H and O–H groups in total. The van der Waals surface area contributed by atoms with Crippen LogP contribution in [-0.2, 0) is 0 Å². The van der Waals surface area contributed by atoms with Gasteiger partial charge in [0.25, 0.3) is 5.89 Å². The number of ether oxygens (including phenoxy) is 1. The number of aliphatic imine (C=N–C) groups is 2. The number of benzene rings is 2. The lowest BCUT2D eigenvalue weighted by Crippen LogP contribution is -2.21. The molecule has 3 aromatic rings. The number of halogens is 1. The standard InChI is InChI=1S/C19H18FN7O2/c1-11(23-13-7-5-6-12(20)10-13)24-19(22)25-16(21)17-26-18(29-27-17)14-8-3-4-9-15(14)28-2/h3-10,23H,1H2,2H3,(H4,21,22,24,25). The van der Waals surface area contributed by atoms with Crippen LogP contribution < -0.4 is 21.5 Å². The zero-order chi connectivity index (χ0) is 20.8. The van der Waals surface area contributed by atoms with E-state index in [0.29, 0.717) is 17.0 Å². The molecule has 9 nitrogen and oxygen atoms in total. The van der Waals surface area contributed by atoms with Crippen LogP contribution in [0.15, 0.2) is 75.4 Å². The van der Waals surface area contributed by atoms with Gasteiger partial charge in [-0.2, -0.15) is 15.0 Å². The highest BCUT2D eigenvalue weighted by Gasteiger charge is 2.15. The smallest absolute Gasteiger partial charge is 0.262 e. The molecule has 1 aromatic heterocycles. The van der Waals surface area contributed by atoms with Gasteiger partial charge in [0.15, 0.2) is 5.84 Å². The molecule has 0 saturated carbocycles. The Balaban J connectivity index is 1.74. The van der Waals surface area contributed by atoms with Crippen LogP contribution in [0.4, 0.5) is 10.1 Å². The van der Waals surface area contributed by atoms with Crippen LogP contribution >= 0.6 is 0 Å². The second-order valence-corrected chi connectivity index (χ2v) is 5.67. The van der Waals surface area contributed by atoms with Crippen molar-refractivity contribution in [3.63, 3.8) is 0 Å². The Morgan fingerprint density at radius 3 is 2.72 bits per heavy atom. The van der Waals surface area contributed by atoms with E-state index in [1.54, 1.807) is 30.3 Å². The van der Waals surface area contributed by atoms with Crippen molar-refractivity contribution in [3.05, 3.63) is 72.6 Å². The SMILES string of the molecule is C=C(N=C(N)N=C(N)c1noc(-c2ccccc2OC)n1)Nc1cccc(F)c1. The van der Waals surface area contributed by atoms with Crippen LogP contribution in [0.25, 0.3) is 11.5 Å². The number of nitrogens with two attached hydrogens (primary N) is 2. The topological polar surface area (TPSA) is 137 Å². The van der Waals surface area contributed by atoms with Crippen molar-refractivity contribution in [2.24, 2.45) is 21.5 Å². The first-order valence-corrected chi connectivity index (χ1v) is 8.33. The molecular formula is C19H18FN7O2. The van der Waals surface area contributed by atoms with Crippen molar-refractivity contribution in [1.82, 2.24) is 10.1 Å². The maximum absolute atomic E-state index is 13.2. The Hall–Kier alpha value is -4.21. The summed E-state index contributed by atoms with van der Waals surface area (Å²) < 4.78 is 23.7. The number of anilines is 1. The Labute approximate surface area is 165 Å². The molecule has 1 heterocycles. The van der Waals surface area contributed by atoms with E-state index in [9.17, 15) is 4.39 Å². The second kappa shape index (κ2) is 8.65. The Bertz CT molecular complexity index is 1090. The summed E-state index contributed by atoms with van der Waals surface area (Å²) in [6.45, 7) is 3.69. The van der Waals surface area contributed by atoms with Gasteiger partial charge in [-0.05, 0) is 30.3 Å². The van der Waals surface area contributed by atoms with Gasteiger partial charge in [-0.15, -0.1) is 0 Å². The van der Waals surface area contributed by atoms with Crippen molar-refractivity contribution in [1.29, 1.82) is 0 Å². The van der Waals surface area contributed by atoms with Crippen molar-refractivity contribution in [3.8, 4) is 17.2 Å². The molecule has 0 radical (unpaired) electrons. The molecule has 3 rings (SSSR count). The van der Waals surface area contributed by atoms with E-state index in [2.05, 4.69) is 32.0 Å². The lowest BCUT2D eigenvalue weighted by atomic mass is 10.2. The number of hydrogen-bond acceptors (Lipinski definition) is 6. The summed E-state index contributed by atoms with van der Waals surface area (Å²) in [5, 5.41) is 6.58. The fraction of sp³-hybridized carbons (Fsp3) is 0.0526. The zero-order valence-electron chi connectivity index (χ0n) is 15.5. The molecule has 0 bridgehead atoms. The van der Waals surface area contributed by atoms with Gasteiger partial charge in [0.2, 0.25) is 11.8 Å². The van der Waals surface area contributed by atoms with E-state index in [-0.39, 0.29) is 29.3 Å². The van der Waals surface area contributed by atoms with Crippen LogP contribution in [0.5, 0.6) is 5.75 Å². The summed E-state index contributed by atoms with van der Waals surface area (Å²) in [5.74, 6) is 0.266. The highest BCUT2D eigenvalue weighted by molar-refractivity contribution is 6.02. The molecule has 0 spiro atoms. The molecule has 0 aliphatic rings. The van der Waals surface area contributed by atoms with Gasteiger partial charge < -0.3 is 26.0 Å². The summed E-state index contributed by atoms with van der Waals surface area (Å²) >= 11 is 0. The largest absolute Gasteiger partial charge is 0.496 e. The third kappa shape index (κ3) is 4.95. The molecule has 0 atom stereocenters. The van der Waals surface area contributed by atoms with E-state index in [1.165, 1.54) is 19.2 Å². The van der Waals surface area contributed by atoms with Gasteiger partial charge >= 0.3 is 0 Å². The molecule has 0 aliphatic carbocycles. The molecular weight excluding hydrogens is 377 g/mol. The van der Waals surface area contributed by atoms with Crippen molar-refractivity contribution >= 4 is 17.5 Å². The number of nitrogens with zero attached hydrogens (tertiary/aromatic N) is 4. The molecule has 2 aromatic carbocycles. The van der Waals surface area contributed by atoms with Crippen LogP contribution in [-0.4, -0.2) is 29.0 Å².